The summed E-state index contributed by atoms with van der Waals surface area (Å²) in [5, 5.41) is 10.4. The molecular formula is C34H35NO2S. The molecule has 5 rings (SSSR count). The largest absolute Gasteiger partial charge is 0.508 e. The predicted octanol–water partition coefficient (Wildman–Crippen LogP) is 8.64. The lowest BCUT2D eigenvalue weighted by atomic mass is 9.84. The van der Waals surface area contributed by atoms with E-state index in [1.807, 2.05) is 19.1 Å². The van der Waals surface area contributed by atoms with Crippen molar-refractivity contribution in [2.45, 2.75) is 43.1 Å². The number of rotatable bonds is 10. The van der Waals surface area contributed by atoms with Crippen LogP contribution in [-0.2, 0) is 0 Å². The van der Waals surface area contributed by atoms with Crippen LogP contribution in [0.5, 0.6) is 5.75 Å². The molecule has 1 saturated carbocycles. The number of hydrogen-bond donors (Lipinski definition) is 1. The molecule has 0 bridgehead atoms. The highest BCUT2D eigenvalue weighted by Crippen LogP contribution is 2.35. The maximum Gasteiger partial charge on any atom is 0.152 e. The maximum absolute atomic E-state index is 10.4. The van der Waals surface area contributed by atoms with Crippen molar-refractivity contribution in [3.8, 4) is 5.75 Å². The molecule has 0 aromatic heterocycles. The lowest BCUT2D eigenvalue weighted by molar-refractivity contribution is 0.184. The molecule has 0 spiro atoms. The number of thioether (sulfide) groups is 1. The van der Waals surface area contributed by atoms with Crippen molar-refractivity contribution in [2.75, 3.05) is 12.3 Å². The van der Waals surface area contributed by atoms with E-state index < -0.39 is 0 Å². The number of aliphatic hydroxyl groups is 1. The molecule has 1 atom stereocenters. The smallest absolute Gasteiger partial charge is 0.152 e. The summed E-state index contributed by atoms with van der Waals surface area (Å²) in [5.74, 6) is 2.26. The van der Waals surface area contributed by atoms with Gasteiger partial charge in [-0.1, -0.05) is 79.4 Å². The first kappa shape index (κ1) is 26.0. The van der Waals surface area contributed by atoms with Gasteiger partial charge in [0, 0.05) is 35.0 Å². The van der Waals surface area contributed by atoms with Gasteiger partial charge in [0.15, 0.2) is 6.10 Å². The van der Waals surface area contributed by atoms with Gasteiger partial charge in [0.25, 0.3) is 0 Å². The quantitative estimate of drug-likeness (QED) is 0.214. The molecule has 2 aliphatic rings. The van der Waals surface area contributed by atoms with Crippen LogP contribution in [0.4, 0.5) is 0 Å². The van der Waals surface area contributed by atoms with Crippen LogP contribution in [0.3, 0.4) is 0 Å². The molecule has 3 nitrogen and oxygen atoms in total. The Morgan fingerprint density at radius 2 is 1.63 bits per heavy atom. The van der Waals surface area contributed by atoms with Crippen molar-refractivity contribution >= 4 is 11.8 Å². The Morgan fingerprint density at radius 3 is 2.26 bits per heavy atom. The van der Waals surface area contributed by atoms with Crippen LogP contribution < -0.4 is 4.74 Å². The van der Waals surface area contributed by atoms with E-state index in [9.17, 15) is 5.11 Å². The minimum absolute atomic E-state index is 0.166. The van der Waals surface area contributed by atoms with Crippen molar-refractivity contribution in [2.24, 2.45) is 0 Å². The molecule has 4 heteroatoms. The number of nitrogens with zero attached hydrogens (tertiary/aromatic N) is 1. The second-order valence-electron chi connectivity index (χ2n) is 9.83. The summed E-state index contributed by atoms with van der Waals surface area (Å²) in [4.78, 5) is 3.41. The van der Waals surface area contributed by atoms with E-state index in [4.69, 9.17) is 4.74 Å². The van der Waals surface area contributed by atoms with Gasteiger partial charge in [-0.05, 0) is 72.7 Å². The van der Waals surface area contributed by atoms with E-state index in [-0.39, 0.29) is 12.0 Å². The molecule has 3 aromatic carbocycles. The van der Waals surface area contributed by atoms with E-state index in [0.29, 0.717) is 5.76 Å². The average Bonchev–Trinajstić information content (AvgIpc) is 2.91. The van der Waals surface area contributed by atoms with Crippen molar-refractivity contribution in [1.82, 2.24) is 4.90 Å². The molecule has 194 valence electrons. The van der Waals surface area contributed by atoms with Gasteiger partial charge in [0.05, 0.1) is 0 Å². The maximum atomic E-state index is 10.4. The summed E-state index contributed by atoms with van der Waals surface area (Å²) in [6.45, 7) is 7.05. The van der Waals surface area contributed by atoms with Gasteiger partial charge in [-0.25, -0.2) is 0 Å². The first-order valence-corrected chi connectivity index (χ1v) is 14.3. The molecule has 0 amide bonds. The minimum atomic E-state index is -0.320. The van der Waals surface area contributed by atoms with Crippen LogP contribution in [0.1, 0.15) is 43.2 Å². The lowest BCUT2D eigenvalue weighted by Gasteiger charge is -2.29. The second kappa shape index (κ2) is 12.3. The highest BCUT2D eigenvalue weighted by molar-refractivity contribution is 7.99. The zero-order valence-corrected chi connectivity index (χ0v) is 22.7. The van der Waals surface area contributed by atoms with Crippen LogP contribution in [-0.4, -0.2) is 28.4 Å². The Balaban J connectivity index is 1.25. The second-order valence-corrected chi connectivity index (χ2v) is 11.0. The Hall–Kier alpha value is -3.63. The number of ether oxygens (including phenoxy) is 1. The molecule has 1 unspecified atom stereocenters. The van der Waals surface area contributed by atoms with Crippen LogP contribution in [0.15, 0.2) is 137 Å². The lowest BCUT2D eigenvalue weighted by Crippen LogP contribution is -2.22. The average molecular weight is 522 g/mol. The van der Waals surface area contributed by atoms with E-state index in [1.54, 1.807) is 11.8 Å². The van der Waals surface area contributed by atoms with Crippen molar-refractivity contribution < 1.29 is 9.84 Å². The van der Waals surface area contributed by atoms with Gasteiger partial charge in [-0.15, -0.1) is 11.8 Å². The summed E-state index contributed by atoms with van der Waals surface area (Å²) >= 11 is 1.80. The van der Waals surface area contributed by atoms with Gasteiger partial charge >= 0.3 is 0 Å². The monoisotopic (exact) mass is 521 g/mol. The van der Waals surface area contributed by atoms with Crippen molar-refractivity contribution in [3.05, 3.63) is 144 Å². The molecule has 0 saturated heterocycles. The van der Waals surface area contributed by atoms with E-state index in [1.165, 1.54) is 16.7 Å². The fourth-order valence-corrected chi connectivity index (χ4v) is 5.80. The summed E-state index contributed by atoms with van der Waals surface area (Å²) in [7, 11) is 0. The number of benzene rings is 3. The topological polar surface area (TPSA) is 32.7 Å². The van der Waals surface area contributed by atoms with Crippen molar-refractivity contribution in [1.29, 1.82) is 0 Å². The molecule has 0 radical (unpaired) electrons. The third-order valence-electron chi connectivity index (χ3n) is 7.16. The molecule has 1 aliphatic heterocycles. The first-order chi connectivity index (χ1) is 18.6. The van der Waals surface area contributed by atoms with Crippen LogP contribution >= 0.6 is 11.8 Å². The Bertz CT molecular complexity index is 1300. The fraction of sp³-hybridized carbons (Fsp3) is 0.235. The molecule has 1 heterocycles. The minimum Gasteiger partial charge on any atom is -0.508 e. The summed E-state index contributed by atoms with van der Waals surface area (Å²) in [6, 6.07) is 29.5. The highest BCUT2D eigenvalue weighted by Gasteiger charge is 2.22. The fourth-order valence-electron chi connectivity index (χ4n) is 4.90. The van der Waals surface area contributed by atoms with E-state index >= 15 is 0 Å². The van der Waals surface area contributed by atoms with Crippen LogP contribution in [0, 0.1) is 0 Å². The zero-order valence-electron chi connectivity index (χ0n) is 21.9. The Kier molecular flexibility index (Phi) is 8.40. The molecule has 3 aromatic rings. The number of aliphatic hydroxyl groups excluding tert-OH is 1. The zero-order chi connectivity index (χ0) is 26.3. The normalized spacial score (nSPS) is 15.7. The van der Waals surface area contributed by atoms with E-state index in [2.05, 4.69) is 103 Å². The van der Waals surface area contributed by atoms with Crippen LogP contribution in [0.2, 0.25) is 0 Å². The van der Waals surface area contributed by atoms with Gasteiger partial charge in [0.1, 0.15) is 11.5 Å². The van der Waals surface area contributed by atoms with Gasteiger partial charge < -0.3 is 14.7 Å². The summed E-state index contributed by atoms with van der Waals surface area (Å²) < 4.78 is 6.05. The molecule has 38 heavy (non-hydrogen) atoms. The SMILES string of the molecule is C=C1C=CC(C(c2ccccc2)c2ccccc2)=CN1CCSc1cccc(OC(C)C(O)=C2CCC2)c1. The van der Waals surface area contributed by atoms with Crippen LogP contribution in [0.25, 0.3) is 0 Å². The Labute approximate surface area is 230 Å². The molecule has 1 fully saturated rings. The highest BCUT2D eigenvalue weighted by atomic mass is 32.2. The first-order valence-electron chi connectivity index (χ1n) is 13.3. The predicted molar refractivity (Wildman–Crippen MR) is 159 cm³/mol. The molecule has 1 N–H and O–H groups in total. The summed E-state index contributed by atoms with van der Waals surface area (Å²) in [5.41, 5.74) is 5.94. The third kappa shape index (κ3) is 6.25. The van der Waals surface area contributed by atoms with Gasteiger partial charge in [-0.2, -0.15) is 0 Å². The standard InChI is InChI=1S/C34H35NO2S/c1-25-19-20-30(33(27-11-5-3-6-12-27)28-13-7-4-8-14-28)24-35(25)21-22-38-32-18-10-17-31(23-32)37-26(2)34(36)29-15-9-16-29/h3-8,10-14,17-20,23-24,26,33,36H,1,9,15-16,21-22H2,2H3. The van der Waals surface area contributed by atoms with Crippen molar-refractivity contribution in [3.63, 3.8) is 0 Å². The van der Waals surface area contributed by atoms with Gasteiger partial charge in [-0.3, -0.25) is 0 Å². The number of hydrogen-bond acceptors (Lipinski definition) is 4. The summed E-state index contributed by atoms with van der Waals surface area (Å²) in [6.07, 6.45) is 9.39. The number of allylic oxidation sites excluding steroid dienone is 4. The Morgan fingerprint density at radius 1 is 0.947 bits per heavy atom. The third-order valence-corrected chi connectivity index (χ3v) is 8.14. The van der Waals surface area contributed by atoms with Gasteiger partial charge in [0.2, 0.25) is 0 Å². The van der Waals surface area contributed by atoms with E-state index in [0.717, 1.165) is 53.5 Å². The molecule has 1 aliphatic carbocycles. The molecular weight excluding hydrogens is 486 g/mol.